The summed E-state index contributed by atoms with van der Waals surface area (Å²) >= 11 is 8.46. The van der Waals surface area contributed by atoms with Gasteiger partial charge >= 0.3 is 0 Å². The number of hydrogen-bond donors (Lipinski definition) is 0. The highest BCUT2D eigenvalue weighted by Gasteiger charge is 2.15. The van der Waals surface area contributed by atoms with Crippen LogP contribution in [-0.2, 0) is 0 Å². The zero-order chi connectivity index (χ0) is 11.4. The van der Waals surface area contributed by atoms with Crippen molar-refractivity contribution in [2.45, 2.75) is 6.42 Å². The molecular formula is C9H7BrClNO3. The van der Waals surface area contributed by atoms with E-state index in [0.29, 0.717) is 10.0 Å². The predicted octanol–water partition coefficient (Wildman–Crippen LogP) is 3.17. The molecule has 0 heterocycles. The van der Waals surface area contributed by atoms with Gasteiger partial charge in [-0.3, -0.25) is 14.9 Å². The van der Waals surface area contributed by atoms with E-state index in [0.717, 1.165) is 0 Å². The molecule has 6 heteroatoms. The molecule has 0 bridgehead atoms. The van der Waals surface area contributed by atoms with Crippen LogP contribution in [0.1, 0.15) is 16.8 Å². The number of halogens is 2. The lowest BCUT2D eigenvalue weighted by atomic mass is 10.1. The number of nitro groups is 1. The number of benzene rings is 1. The molecule has 0 N–H and O–H groups in total. The highest BCUT2D eigenvalue weighted by molar-refractivity contribution is 9.10. The number of nitrogens with zero attached hydrogens (tertiary/aromatic N) is 1. The maximum Gasteiger partial charge on any atom is 0.284 e. The van der Waals surface area contributed by atoms with Crippen molar-refractivity contribution in [2.75, 3.05) is 5.88 Å². The van der Waals surface area contributed by atoms with Crippen LogP contribution in [0, 0.1) is 10.1 Å². The molecular weight excluding hydrogens is 285 g/mol. The minimum absolute atomic E-state index is 0.115. The smallest absolute Gasteiger partial charge is 0.284 e. The SMILES string of the molecule is O=C(CCCl)c1ccc(Br)c([N+](=O)[O-])c1. The van der Waals surface area contributed by atoms with Crippen LogP contribution in [0.3, 0.4) is 0 Å². The van der Waals surface area contributed by atoms with Gasteiger partial charge in [0.25, 0.3) is 5.69 Å². The molecule has 0 spiro atoms. The second kappa shape index (κ2) is 5.23. The Hall–Kier alpha value is -0.940. The molecule has 0 unspecified atom stereocenters. The second-order valence-electron chi connectivity index (χ2n) is 2.79. The van der Waals surface area contributed by atoms with E-state index in [1.807, 2.05) is 0 Å². The van der Waals surface area contributed by atoms with Crippen molar-refractivity contribution in [3.63, 3.8) is 0 Å². The number of nitro benzene ring substituents is 1. The summed E-state index contributed by atoms with van der Waals surface area (Å²) < 4.78 is 0.356. The second-order valence-corrected chi connectivity index (χ2v) is 4.02. The van der Waals surface area contributed by atoms with Crippen LogP contribution in [0.25, 0.3) is 0 Å². The monoisotopic (exact) mass is 291 g/mol. The van der Waals surface area contributed by atoms with Gasteiger partial charge in [-0.2, -0.15) is 0 Å². The van der Waals surface area contributed by atoms with Gasteiger partial charge in [0.1, 0.15) is 0 Å². The summed E-state index contributed by atoms with van der Waals surface area (Å²) in [5.74, 6) is 0.0171. The summed E-state index contributed by atoms with van der Waals surface area (Å²) in [4.78, 5) is 21.5. The highest BCUT2D eigenvalue weighted by Crippen LogP contribution is 2.26. The molecule has 0 radical (unpaired) electrons. The summed E-state index contributed by atoms with van der Waals surface area (Å²) in [6, 6.07) is 4.27. The standard InChI is InChI=1S/C9H7BrClNO3/c10-7-2-1-6(9(13)3-4-11)5-8(7)12(14)15/h1-2,5H,3-4H2. The highest BCUT2D eigenvalue weighted by atomic mass is 79.9. The van der Waals surface area contributed by atoms with E-state index in [1.165, 1.54) is 18.2 Å². The van der Waals surface area contributed by atoms with Gasteiger partial charge in [-0.15, -0.1) is 11.6 Å². The first-order chi connectivity index (χ1) is 7.06. The molecule has 0 aliphatic carbocycles. The fourth-order valence-electron chi connectivity index (χ4n) is 1.06. The van der Waals surface area contributed by atoms with Gasteiger partial charge in [-0.25, -0.2) is 0 Å². The van der Waals surface area contributed by atoms with E-state index in [1.54, 1.807) is 0 Å². The van der Waals surface area contributed by atoms with Crippen LogP contribution in [0.15, 0.2) is 22.7 Å². The predicted molar refractivity (Wildman–Crippen MR) is 60.5 cm³/mol. The summed E-state index contributed by atoms with van der Waals surface area (Å²) in [6.07, 6.45) is 0.181. The van der Waals surface area contributed by atoms with E-state index in [4.69, 9.17) is 11.6 Å². The lowest BCUT2D eigenvalue weighted by Crippen LogP contribution is -2.01. The molecule has 1 rings (SSSR count). The average Bonchev–Trinajstić information content (AvgIpc) is 2.18. The summed E-state index contributed by atoms with van der Waals surface area (Å²) in [7, 11) is 0. The van der Waals surface area contributed by atoms with Crippen molar-refractivity contribution in [3.8, 4) is 0 Å². The molecule has 15 heavy (non-hydrogen) atoms. The van der Waals surface area contributed by atoms with Gasteiger partial charge in [-0.05, 0) is 28.1 Å². The molecule has 0 aromatic heterocycles. The van der Waals surface area contributed by atoms with Crippen LogP contribution in [0.2, 0.25) is 0 Å². The minimum Gasteiger partial charge on any atom is -0.294 e. The van der Waals surface area contributed by atoms with Crippen LogP contribution < -0.4 is 0 Å². The van der Waals surface area contributed by atoms with Crippen molar-refractivity contribution in [3.05, 3.63) is 38.3 Å². The van der Waals surface area contributed by atoms with Crippen LogP contribution >= 0.6 is 27.5 Å². The van der Waals surface area contributed by atoms with E-state index in [9.17, 15) is 14.9 Å². The largest absolute Gasteiger partial charge is 0.294 e. The third-order valence-corrected chi connectivity index (χ3v) is 2.65. The third-order valence-electron chi connectivity index (χ3n) is 1.79. The Morgan fingerprint density at radius 2 is 2.20 bits per heavy atom. The average molecular weight is 293 g/mol. The Morgan fingerprint density at radius 1 is 1.53 bits per heavy atom. The number of hydrogen-bond acceptors (Lipinski definition) is 3. The number of Topliss-reactive ketones (excluding diaryl/α,β-unsaturated/α-hetero) is 1. The van der Waals surface area contributed by atoms with Gasteiger partial charge in [0.2, 0.25) is 0 Å². The first-order valence-electron chi connectivity index (χ1n) is 4.09. The topological polar surface area (TPSA) is 60.2 Å². The van der Waals surface area contributed by atoms with Crippen LogP contribution in [0.4, 0.5) is 5.69 Å². The summed E-state index contributed by atoms with van der Waals surface area (Å²) in [5, 5.41) is 10.6. The van der Waals surface area contributed by atoms with E-state index < -0.39 is 4.92 Å². The molecule has 0 fully saturated rings. The Morgan fingerprint density at radius 3 is 2.73 bits per heavy atom. The van der Waals surface area contributed by atoms with Crippen molar-refractivity contribution >= 4 is 39.0 Å². The molecule has 1 aromatic carbocycles. The van der Waals surface area contributed by atoms with Crippen LogP contribution in [-0.4, -0.2) is 16.6 Å². The maximum absolute atomic E-state index is 11.4. The molecule has 0 saturated carbocycles. The first kappa shape index (κ1) is 12.1. The summed E-state index contributed by atoms with van der Waals surface area (Å²) in [6.45, 7) is 0. The fourth-order valence-corrected chi connectivity index (χ4v) is 1.62. The Labute approximate surface area is 99.5 Å². The summed E-state index contributed by atoms with van der Waals surface area (Å²) in [5.41, 5.74) is 0.195. The van der Waals surface area contributed by atoms with Gasteiger partial charge in [-0.1, -0.05) is 0 Å². The number of carbonyl (C=O) groups excluding carboxylic acids is 1. The first-order valence-corrected chi connectivity index (χ1v) is 5.42. The third kappa shape index (κ3) is 3.00. The molecule has 0 aliphatic heterocycles. The number of ketones is 1. The fraction of sp³-hybridized carbons (Fsp3) is 0.222. The van der Waals surface area contributed by atoms with Crippen molar-refractivity contribution in [1.82, 2.24) is 0 Å². The molecule has 80 valence electrons. The van der Waals surface area contributed by atoms with E-state index >= 15 is 0 Å². The zero-order valence-electron chi connectivity index (χ0n) is 7.57. The van der Waals surface area contributed by atoms with Crippen LogP contribution in [0.5, 0.6) is 0 Å². The lowest BCUT2D eigenvalue weighted by molar-refractivity contribution is -0.385. The minimum atomic E-state index is -0.540. The van der Waals surface area contributed by atoms with E-state index in [2.05, 4.69) is 15.9 Å². The molecule has 0 atom stereocenters. The Balaban J connectivity index is 3.07. The Bertz CT molecular complexity index is 408. The number of rotatable bonds is 4. The quantitative estimate of drug-likeness (QED) is 0.371. The Kier molecular flexibility index (Phi) is 4.23. The number of carbonyl (C=O) groups is 1. The van der Waals surface area contributed by atoms with Crippen molar-refractivity contribution < 1.29 is 9.72 Å². The normalized spacial score (nSPS) is 10.0. The van der Waals surface area contributed by atoms with Gasteiger partial charge in [0.15, 0.2) is 5.78 Å². The van der Waals surface area contributed by atoms with Gasteiger partial charge in [0, 0.05) is 23.9 Å². The molecule has 0 amide bonds. The molecule has 4 nitrogen and oxygen atoms in total. The zero-order valence-corrected chi connectivity index (χ0v) is 9.92. The maximum atomic E-state index is 11.4. The van der Waals surface area contributed by atoms with Crippen molar-refractivity contribution in [2.24, 2.45) is 0 Å². The molecule has 0 aliphatic rings. The van der Waals surface area contributed by atoms with E-state index in [-0.39, 0.29) is 23.8 Å². The van der Waals surface area contributed by atoms with Crippen molar-refractivity contribution in [1.29, 1.82) is 0 Å². The lowest BCUT2D eigenvalue weighted by Gasteiger charge is -2.00. The molecule has 0 saturated heterocycles. The van der Waals surface area contributed by atoms with Gasteiger partial charge in [0.05, 0.1) is 9.40 Å². The number of alkyl halides is 1. The molecule has 1 aromatic rings. The van der Waals surface area contributed by atoms with Gasteiger partial charge < -0.3 is 0 Å².